The molecule has 1 fully saturated rings. The summed E-state index contributed by atoms with van der Waals surface area (Å²) in [6.07, 6.45) is 2.92. The van der Waals surface area contributed by atoms with E-state index in [1.54, 1.807) is 13.2 Å². The van der Waals surface area contributed by atoms with Crippen LogP contribution in [0.15, 0.2) is 53.6 Å². The maximum absolute atomic E-state index is 15.6. The van der Waals surface area contributed by atoms with Crippen LogP contribution in [0.1, 0.15) is 37.4 Å². The monoisotopic (exact) mass is 536 g/mol. The summed E-state index contributed by atoms with van der Waals surface area (Å²) in [6, 6.07) is 13.3. The number of methoxy groups -OCH3 is 1. The number of fused-ring (bicyclic) bond motifs is 1. The van der Waals surface area contributed by atoms with Gasteiger partial charge in [-0.1, -0.05) is 23.2 Å². The molecule has 1 N–H and O–H groups in total. The summed E-state index contributed by atoms with van der Waals surface area (Å²) in [6.45, 7) is 2.89. The van der Waals surface area contributed by atoms with Crippen molar-refractivity contribution in [3.05, 3.63) is 64.3 Å². The summed E-state index contributed by atoms with van der Waals surface area (Å²) in [4.78, 5) is 7.97. The molecule has 0 radical (unpaired) electrons. The largest absolute Gasteiger partial charge is 0.497 e. The number of nitrogens with zero attached hydrogens (tertiary/aromatic N) is 2. The van der Waals surface area contributed by atoms with Gasteiger partial charge in [-0.3, -0.25) is 4.98 Å². The van der Waals surface area contributed by atoms with E-state index >= 15 is 4.39 Å². The van der Waals surface area contributed by atoms with Crippen LogP contribution in [0.3, 0.4) is 0 Å². The zero-order chi connectivity index (χ0) is 24.8. The highest BCUT2D eigenvalue weighted by Gasteiger charge is 2.35. The number of ether oxygens (including phenoxy) is 1. The minimum atomic E-state index is -1.24. The normalized spacial score (nSPS) is 16.9. The maximum Gasteiger partial charge on any atom is 0.127 e. The Hall–Kier alpha value is -1.57. The van der Waals surface area contributed by atoms with E-state index in [1.165, 1.54) is 11.1 Å². The first-order valence-corrected chi connectivity index (χ1v) is 13.6. The lowest BCUT2D eigenvalue weighted by Gasteiger charge is -2.41. The summed E-state index contributed by atoms with van der Waals surface area (Å²) in [5.74, 6) is 1.64. The molecule has 1 aliphatic rings. The van der Waals surface area contributed by atoms with Crippen LogP contribution in [0.4, 0.5) is 4.39 Å². The predicted octanol–water partition coefficient (Wildman–Crippen LogP) is 7.21. The SMILES string of the molecule is COc1ccc2ncc(Cl)c(C(F)CCC3(CO)CCN(CCSc4ccc(Cl)cc4)CC3)c2c1. The lowest BCUT2D eigenvalue weighted by Crippen LogP contribution is -2.42. The van der Waals surface area contributed by atoms with E-state index < -0.39 is 6.17 Å². The molecule has 2 heterocycles. The van der Waals surface area contributed by atoms with Crippen molar-refractivity contribution in [1.29, 1.82) is 0 Å². The Bertz CT molecular complexity index is 1120. The van der Waals surface area contributed by atoms with E-state index in [0.29, 0.717) is 40.1 Å². The molecule has 188 valence electrons. The number of alkyl halides is 1. The van der Waals surface area contributed by atoms with Gasteiger partial charge in [-0.05, 0) is 86.7 Å². The molecule has 4 rings (SSSR count). The molecular formula is C27H31Cl2FN2O2S. The second-order valence-electron chi connectivity index (χ2n) is 9.21. The van der Waals surface area contributed by atoms with Crippen molar-refractivity contribution in [3.8, 4) is 5.75 Å². The Labute approximate surface area is 220 Å². The number of benzene rings is 2. The van der Waals surface area contributed by atoms with Crippen LogP contribution >= 0.6 is 35.0 Å². The van der Waals surface area contributed by atoms with Crippen LogP contribution in [-0.2, 0) is 0 Å². The molecular weight excluding hydrogens is 506 g/mol. The molecule has 8 heteroatoms. The minimum Gasteiger partial charge on any atom is -0.497 e. The fourth-order valence-electron chi connectivity index (χ4n) is 4.75. The van der Waals surface area contributed by atoms with Crippen molar-refractivity contribution in [2.45, 2.75) is 36.8 Å². The number of aromatic nitrogens is 1. The van der Waals surface area contributed by atoms with E-state index in [4.69, 9.17) is 27.9 Å². The fourth-order valence-corrected chi connectivity index (χ4v) is 6.06. The summed E-state index contributed by atoms with van der Waals surface area (Å²) in [5.41, 5.74) is 0.895. The third-order valence-corrected chi connectivity index (χ3v) is 8.60. The predicted molar refractivity (Wildman–Crippen MR) is 144 cm³/mol. The Morgan fingerprint density at radius 1 is 1.17 bits per heavy atom. The van der Waals surface area contributed by atoms with Gasteiger partial charge in [-0.2, -0.15) is 0 Å². The van der Waals surface area contributed by atoms with Gasteiger partial charge in [-0.25, -0.2) is 4.39 Å². The first-order chi connectivity index (χ1) is 16.9. The standard InChI is InChI=1S/C27H31Cl2FN2O2S/c1-34-20-4-7-25-22(16-20)26(23(29)17-31-25)24(30)8-9-27(18-33)10-12-32(13-11-27)14-15-35-21-5-2-19(28)3-6-21/h2-7,16-17,24,33H,8-15,18H2,1H3. The zero-order valence-corrected chi connectivity index (χ0v) is 22.2. The molecule has 0 amide bonds. The molecule has 1 saturated heterocycles. The number of pyridine rings is 1. The van der Waals surface area contributed by atoms with Crippen LogP contribution in [0.25, 0.3) is 10.9 Å². The van der Waals surface area contributed by atoms with Crippen LogP contribution in [0, 0.1) is 5.41 Å². The van der Waals surface area contributed by atoms with Crippen molar-refractivity contribution in [1.82, 2.24) is 9.88 Å². The summed E-state index contributed by atoms with van der Waals surface area (Å²) in [7, 11) is 1.58. The summed E-state index contributed by atoms with van der Waals surface area (Å²) in [5, 5.41) is 12.0. The van der Waals surface area contributed by atoms with Gasteiger partial charge in [0.05, 0.1) is 17.6 Å². The maximum atomic E-state index is 15.6. The Morgan fingerprint density at radius 2 is 1.91 bits per heavy atom. The van der Waals surface area contributed by atoms with Crippen molar-refractivity contribution in [2.75, 3.05) is 39.1 Å². The molecule has 0 aliphatic carbocycles. The van der Waals surface area contributed by atoms with Crippen LogP contribution < -0.4 is 4.74 Å². The van der Waals surface area contributed by atoms with Crippen molar-refractivity contribution >= 4 is 45.9 Å². The summed E-state index contributed by atoms with van der Waals surface area (Å²) >= 11 is 14.2. The Morgan fingerprint density at radius 3 is 2.60 bits per heavy atom. The molecule has 35 heavy (non-hydrogen) atoms. The molecule has 0 spiro atoms. The van der Waals surface area contributed by atoms with Gasteiger partial charge in [0.15, 0.2) is 0 Å². The van der Waals surface area contributed by atoms with Gasteiger partial charge in [0.2, 0.25) is 0 Å². The van der Waals surface area contributed by atoms with Gasteiger partial charge < -0.3 is 14.7 Å². The van der Waals surface area contributed by atoms with Crippen molar-refractivity contribution in [3.63, 3.8) is 0 Å². The molecule has 3 aromatic rings. The lowest BCUT2D eigenvalue weighted by atomic mass is 9.74. The van der Waals surface area contributed by atoms with Crippen molar-refractivity contribution < 1.29 is 14.2 Å². The van der Waals surface area contributed by atoms with Crippen molar-refractivity contribution in [2.24, 2.45) is 5.41 Å². The zero-order valence-electron chi connectivity index (χ0n) is 19.9. The van der Waals surface area contributed by atoms with Crippen LogP contribution in [-0.4, -0.2) is 54.1 Å². The Balaban J connectivity index is 1.33. The van der Waals surface area contributed by atoms with E-state index in [-0.39, 0.29) is 12.0 Å². The number of halogens is 3. The number of hydrogen-bond donors (Lipinski definition) is 1. The molecule has 1 aliphatic heterocycles. The number of hydrogen-bond acceptors (Lipinski definition) is 5. The van der Waals surface area contributed by atoms with E-state index in [1.807, 2.05) is 48.2 Å². The van der Waals surface area contributed by atoms with Crippen LogP contribution in [0.5, 0.6) is 5.75 Å². The smallest absolute Gasteiger partial charge is 0.127 e. The summed E-state index contributed by atoms with van der Waals surface area (Å²) < 4.78 is 20.9. The quantitative estimate of drug-likeness (QED) is 0.277. The third kappa shape index (κ3) is 6.60. The van der Waals surface area contributed by atoms with E-state index in [2.05, 4.69) is 9.88 Å². The highest BCUT2D eigenvalue weighted by atomic mass is 35.5. The number of likely N-dealkylation sites (tertiary alicyclic amines) is 1. The number of piperidine rings is 1. The molecule has 1 unspecified atom stereocenters. The van der Waals surface area contributed by atoms with Gasteiger partial charge in [-0.15, -0.1) is 11.8 Å². The highest BCUT2D eigenvalue weighted by molar-refractivity contribution is 7.99. The molecule has 0 saturated carbocycles. The first kappa shape index (κ1) is 26.5. The molecule has 2 aromatic carbocycles. The van der Waals surface area contributed by atoms with E-state index in [9.17, 15) is 5.11 Å². The first-order valence-electron chi connectivity index (χ1n) is 11.9. The molecule has 4 nitrogen and oxygen atoms in total. The second-order valence-corrected chi connectivity index (χ2v) is 11.2. The van der Waals surface area contributed by atoms with E-state index in [0.717, 1.165) is 43.3 Å². The van der Waals surface area contributed by atoms with Gasteiger partial charge in [0, 0.05) is 46.0 Å². The topological polar surface area (TPSA) is 45.6 Å². The highest BCUT2D eigenvalue weighted by Crippen LogP contribution is 2.42. The number of aliphatic hydroxyl groups excluding tert-OH is 1. The average molecular weight is 538 g/mol. The number of aliphatic hydroxyl groups is 1. The average Bonchev–Trinajstić information content (AvgIpc) is 2.89. The van der Waals surface area contributed by atoms with Crippen LogP contribution in [0.2, 0.25) is 10.0 Å². The fraction of sp³-hybridized carbons (Fsp3) is 0.444. The van der Waals surface area contributed by atoms with Gasteiger partial charge in [0.1, 0.15) is 11.9 Å². The third-order valence-electron chi connectivity index (χ3n) is 7.05. The minimum absolute atomic E-state index is 0.0751. The second kappa shape index (κ2) is 12.1. The Kier molecular flexibility index (Phi) is 9.17. The molecule has 1 atom stereocenters. The number of rotatable bonds is 10. The van der Waals surface area contributed by atoms with Gasteiger partial charge >= 0.3 is 0 Å². The molecule has 0 bridgehead atoms. The lowest BCUT2D eigenvalue weighted by molar-refractivity contribution is 0.0323. The van der Waals surface area contributed by atoms with Gasteiger partial charge in [0.25, 0.3) is 0 Å². The molecule has 1 aromatic heterocycles. The number of thioether (sulfide) groups is 1.